The molecule has 98 valence electrons. The van der Waals surface area contributed by atoms with Crippen molar-refractivity contribution in [3.05, 3.63) is 35.4 Å². The van der Waals surface area contributed by atoms with Crippen LogP contribution >= 0.6 is 11.6 Å². The minimum absolute atomic E-state index is 0.0581. The normalized spacial score (nSPS) is 16.3. The Hall–Kier alpha value is -1.02. The minimum Gasteiger partial charge on any atom is -0.354 e. The fourth-order valence-electron chi connectivity index (χ4n) is 2.52. The minimum atomic E-state index is 0.0581. The number of hydrogen-bond acceptors (Lipinski definition) is 1. The van der Waals surface area contributed by atoms with Crippen LogP contribution < -0.4 is 5.32 Å². The number of carbonyl (C=O) groups excluding carboxylic acids is 1. The lowest BCUT2D eigenvalue weighted by Crippen LogP contribution is -2.35. The van der Waals surface area contributed by atoms with Gasteiger partial charge in [-0.1, -0.05) is 37.6 Å². The summed E-state index contributed by atoms with van der Waals surface area (Å²) in [5.41, 5.74) is 2.63. The van der Waals surface area contributed by atoms with E-state index >= 15 is 0 Å². The van der Waals surface area contributed by atoms with E-state index in [1.54, 1.807) is 0 Å². The number of nitrogens with one attached hydrogen (secondary N) is 1. The van der Waals surface area contributed by atoms with Gasteiger partial charge in [-0.3, -0.25) is 4.79 Å². The summed E-state index contributed by atoms with van der Waals surface area (Å²) in [6.07, 6.45) is 3.73. The SMILES string of the molecule is CCCC(Cl)CNC(=O)C1Cc2ccccc2C1. The first-order valence-corrected chi connectivity index (χ1v) is 7.13. The zero-order valence-electron chi connectivity index (χ0n) is 10.8. The molecule has 2 nitrogen and oxygen atoms in total. The molecule has 2 rings (SSSR count). The lowest BCUT2D eigenvalue weighted by atomic mass is 10.1. The highest BCUT2D eigenvalue weighted by Gasteiger charge is 2.26. The molecule has 3 heteroatoms. The van der Waals surface area contributed by atoms with Crippen LogP contribution in [0.15, 0.2) is 24.3 Å². The molecular weight excluding hydrogens is 246 g/mol. The van der Waals surface area contributed by atoms with E-state index in [0.717, 1.165) is 25.7 Å². The molecule has 0 aliphatic heterocycles. The molecule has 1 unspecified atom stereocenters. The standard InChI is InChI=1S/C15H20ClNO/c1-2-5-14(16)10-17-15(18)13-8-11-6-3-4-7-12(11)9-13/h3-4,6-7,13-14H,2,5,8-10H2,1H3,(H,17,18). The van der Waals surface area contributed by atoms with Gasteiger partial charge in [-0.2, -0.15) is 0 Å². The maximum atomic E-state index is 12.1. The van der Waals surface area contributed by atoms with Gasteiger partial charge in [0.05, 0.1) is 5.38 Å². The Morgan fingerprint density at radius 2 is 2.00 bits per heavy atom. The van der Waals surface area contributed by atoms with E-state index in [1.807, 2.05) is 12.1 Å². The highest BCUT2D eigenvalue weighted by molar-refractivity contribution is 6.20. The maximum absolute atomic E-state index is 12.1. The van der Waals surface area contributed by atoms with Crippen molar-refractivity contribution in [2.75, 3.05) is 6.54 Å². The van der Waals surface area contributed by atoms with E-state index < -0.39 is 0 Å². The molecule has 1 atom stereocenters. The highest BCUT2D eigenvalue weighted by Crippen LogP contribution is 2.26. The van der Waals surface area contributed by atoms with E-state index in [-0.39, 0.29) is 17.2 Å². The molecule has 0 aromatic heterocycles. The van der Waals surface area contributed by atoms with Crippen LogP contribution in [-0.4, -0.2) is 17.8 Å². The molecule has 18 heavy (non-hydrogen) atoms. The van der Waals surface area contributed by atoms with Crippen molar-refractivity contribution in [3.8, 4) is 0 Å². The number of alkyl halides is 1. The van der Waals surface area contributed by atoms with Gasteiger partial charge in [-0.05, 0) is 30.4 Å². The molecule has 0 spiro atoms. The fourth-order valence-corrected chi connectivity index (χ4v) is 2.81. The van der Waals surface area contributed by atoms with Gasteiger partial charge >= 0.3 is 0 Å². The first-order chi connectivity index (χ1) is 8.70. The lowest BCUT2D eigenvalue weighted by Gasteiger charge is -2.13. The lowest BCUT2D eigenvalue weighted by molar-refractivity contribution is -0.124. The quantitative estimate of drug-likeness (QED) is 0.815. The van der Waals surface area contributed by atoms with Crippen molar-refractivity contribution in [1.29, 1.82) is 0 Å². The Morgan fingerprint density at radius 3 is 2.56 bits per heavy atom. The third-order valence-corrected chi connectivity index (χ3v) is 3.89. The second-order valence-electron chi connectivity index (χ2n) is 5.00. The van der Waals surface area contributed by atoms with E-state index in [4.69, 9.17) is 11.6 Å². The number of halogens is 1. The van der Waals surface area contributed by atoms with Crippen LogP contribution in [0.1, 0.15) is 30.9 Å². The Balaban J connectivity index is 1.82. The Bertz CT molecular complexity index is 394. The molecular formula is C15H20ClNO. The van der Waals surface area contributed by atoms with Crippen LogP contribution in [0.3, 0.4) is 0 Å². The van der Waals surface area contributed by atoms with Gasteiger partial charge in [0.25, 0.3) is 0 Å². The largest absolute Gasteiger partial charge is 0.354 e. The molecule has 0 saturated carbocycles. The number of amides is 1. The van der Waals surface area contributed by atoms with E-state index in [1.165, 1.54) is 11.1 Å². The van der Waals surface area contributed by atoms with Gasteiger partial charge in [-0.25, -0.2) is 0 Å². The topological polar surface area (TPSA) is 29.1 Å². The summed E-state index contributed by atoms with van der Waals surface area (Å²) in [7, 11) is 0. The van der Waals surface area contributed by atoms with Crippen molar-refractivity contribution in [1.82, 2.24) is 5.32 Å². The molecule has 1 aliphatic rings. The van der Waals surface area contributed by atoms with E-state index in [0.29, 0.717) is 6.54 Å². The Labute approximate surface area is 114 Å². The molecule has 1 N–H and O–H groups in total. The number of hydrogen-bond donors (Lipinski definition) is 1. The number of rotatable bonds is 5. The average Bonchev–Trinajstić information content (AvgIpc) is 2.80. The van der Waals surface area contributed by atoms with Crippen LogP contribution in [-0.2, 0) is 17.6 Å². The molecule has 0 saturated heterocycles. The molecule has 1 aromatic carbocycles. The third kappa shape index (κ3) is 3.26. The summed E-state index contributed by atoms with van der Waals surface area (Å²) in [6.45, 7) is 2.69. The molecule has 0 heterocycles. The molecule has 1 amide bonds. The summed E-state index contributed by atoms with van der Waals surface area (Å²) in [4.78, 5) is 12.1. The molecule has 0 fully saturated rings. The maximum Gasteiger partial charge on any atom is 0.223 e. The van der Waals surface area contributed by atoms with Crippen LogP contribution in [0, 0.1) is 5.92 Å². The second-order valence-corrected chi connectivity index (χ2v) is 5.62. The van der Waals surface area contributed by atoms with E-state index in [2.05, 4.69) is 24.4 Å². The summed E-state index contributed by atoms with van der Waals surface area (Å²) in [5.74, 6) is 0.237. The van der Waals surface area contributed by atoms with Gasteiger partial charge in [-0.15, -0.1) is 11.6 Å². The summed E-state index contributed by atoms with van der Waals surface area (Å²) in [5, 5.41) is 3.03. The van der Waals surface area contributed by atoms with Crippen molar-refractivity contribution in [2.45, 2.75) is 38.0 Å². The molecule has 0 radical (unpaired) electrons. The smallest absolute Gasteiger partial charge is 0.223 e. The summed E-state index contributed by atoms with van der Waals surface area (Å²) < 4.78 is 0. The van der Waals surface area contributed by atoms with Crippen molar-refractivity contribution >= 4 is 17.5 Å². The number of carbonyl (C=O) groups is 1. The van der Waals surface area contributed by atoms with Crippen molar-refractivity contribution < 1.29 is 4.79 Å². The van der Waals surface area contributed by atoms with Crippen LogP contribution in [0.4, 0.5) is 0 Å². The van der Waals surface area contributed by atoms with Gasteiger partial charge in [0.2, 0.25) is 5.91 Å². The van der Waals surface area contributed by atoms with Crippen LogP contribution in [0.5, 0.6) is 0 Å². The summed E-state index contributed by atoms with van der Waals surface area (Å²) in [6, 6.07) is 8.30. The van der Waals surface area contributed by atoms with Gasteiger partial charge < -0.3 is 5.32 Å². The Morgan fingerprint density at radius 1 is 1.39 bits per heavy atom. The zero-order valence-corrected chi connectivity index (χ0v) is 11.5. The van der Waals surface area contributed by atoms with Crippen LogP contribution in [0.25, 0.3) is 0 Å². The van der Waals surface area contributed by atoms with Crippen molar-refractivity contribution in [2.24, 2.45) is 5.92 Å². The second kappa shape index (κ2) is 6.24. The third-order valence-electron chi connectivity index (χ3n) is 3.52. The zero-order chi connectivity index (χ0) is 13.0. The van der Waals surface area contributed by atoms with Crippen LogP contribution in [0.2, 0.25) is 0 Å². The predicted molar refractivity (Wildman–Crippen MR) is 74.9 cm³/mol. The predicted octanol–water partition coefficient (Wildman–Crippen LogP) is 2.93. The fraction of sp³-hybridized carbons (Fsp3) is 0.533. The molecule has 0 bridgehead atoms. The Kier molecular flexibility index (Phi) is 4.65. The van der Waals surface area contributed by atoms with Gasteiger partial charge in [0, 0.05) is 12.5 Å². The number of fused-ring (bicyclic) bond motifs is 1. The number of benzene rings is 1. The first-order valence-electron chi connectivity index (χ1n) is 6.69. The summed E-state index contributed by atoms with van der Waals surface area (Å²) >= 11 is 6.11. The van der Waals surface area contributed by atoms with Crippen molar-refractivity contribution in [3.63, 3.8) is 0 Å². The van der Waals surface area contributed by atoms with Gasteiger partial charge in [0.15, 0.2) is 0 Å². The highest BCUT2D eigenvalue weighted by atomic mass is 35.5. The molecule has 1 aliphatic carbocycles. The van der Waals surface area contributed by atoms with Gasteiger partial charge in [0.1, 0.15) is 0 Å². The molecule has 1 aromatic rings. The monoisotopic (exact) mass is 265 g/mol. The average molecular weight is 266 g/mol. The first kappa shape index (κ1) is 13.4. The van der Waals surface area contributed by atoms with E-state index in [9.17, 15) is 4.79 Å².